The van der Waals surface area contributed by atoms with Crippen molar-refractivity contribution in [3.63, 3.8) is 0 Å². The molecule has 0 heterocycles. The topological polar surface area (TPSA) is 55.4 Å². The SMILES string of the molecule is C[Si](C)(C)OOCC(OO[Si](C)(C)C)C(CCC[SiH3])OO[Si](C)(C)C. The van der Waals surface area contributed by atoms with E-state index in [1.807, 2.05) is 0 Å². The molecule has 152 valence electrons. The minimum atomic E-state index is -1.82. The highest BCUT2D eigenvalue weighted by Crippen LogP contribution is 2.19. The van der Waals surface area contributed by atoms with Crippen LogP contribution in [-0.4, -0.2) is 54.0 Å². The van der Waals surface area contributed by atoms with Crippen molar-refractivity contribution in [1.82, 2.24) is 0 Å². The molecular formula is C15H40O6Si4. The maximum atomic E-state index is 5.78. The van der Waals surface area contributed by atoms with E-state index in [4.69, 9.17) is 28.4 Å². The van der Waals surface area contributed by atoms with Crippen molar-refractivity contribution in [3.8, 4) is 0 Å². The van der Waals surface area contributed by atoms with Gasteiger partial charge in [0, 0.05) is 10.2 Å². The zero-order chi connectivity index (χ0) is 19.7. The Morgan fingerprint density at radius 3 is 1.52 bits per heavy atom. The van der Waals surface area contributed by atoms with Gasteiger partial charge in [-0.25, -0.2) is 14.7 Å². The zero-order valence-electron chi connectivity index (χ0n) is 17.9. The first kappa shape index (κ1) is 25.6. The van der Waals surface area contributed by atoms with E-state index in [0.29, 0.717) is 0 Å². The Labute approximate surface area is 160 Å². The van der Waals surface area contributed by atoms with E-state index >= 15 is 0 Å². The van der Waals surface area contributed by atoms with E-state index in [-0.39, 0.29) is 18.8 Å². The Balaban J connectivity index is 4.93. The van der Waals surface area contributed by atoms with Crippen LogP contribution in [0.4, 0.5) is 0 Å². The maximum absolute atomic E-state index is 5.78. The summed E-state index contributed by atoms with van der Waals surface area (Å²) in [7, 11) is -4.20. The molecule has 0 aliphatic heterocycles. The van der Waals surface area contributed by atoms with Crippen molar-refractivity contribution < 1.29 is 28.4 Å². The van der Waals surface area contributed by atoms with Gasteiger partial charge in [-0.05, 0) is 65.3 Å². The standard InChI is InChI=1S/C15H40O6Si4/c1-23(2,3)19-16-13-15(18-21-25(7,8)9)14(11-10-12-22)17-20-24(4,5)6/h14-15H,10-13H2,1-9,22H3. The zero-order valence-corrected chi connectivity index (χ0v) is 22.9. The van der Waals surface area contributed by atoms with E-state index < -0.39 is 25.0 Å². The average Bonchev–Trinajstić information content (AvgIpc) is 2.40. The number of hydrogen-bond donors (Lipinski definition) is 0. The van der Waals surface area contributed by atoms with Crippen molar-refractivity contribution in [1.29, 1.82) is 0 Å². The molecule has 0 N–H and O–H groups in total. The fourth-order valence-corrected chi connectivity index (χ4v) is 3.24. The molecule has 0 aromatic carbocycles. The highest BCUT2D eigenvalue weighted by atomic mass is 28.4. The Morgan fingerprint density at radius 1 is 0.680 bits per heavy atom. The van der Waals surface area contributed by atoms with Crippen LogP contribution < -0.4 is 0 Å². The van der Waals surface area contributed by atoms with Gasteiger partial charge in [0.2, 0.25) is 25.0 Å². The van der Waals surface area contributed by atoms with Gasteiger partial charge in [0.1, 0.15) is 18.8 Å². The summed E-state index contributed by atoms with van der Waals surface area (Å²) in [5.74, 6) is 0. The second-order valence-corrected chi connectivity index (χ2v) is 23.5. The summed E-state index contributed by atoms with van der Waals surface area (Å²) in [6.45, 7) is 19.0. The monoisotopic (exact) mass is 428 g/mol. The third kappa shape index (κ3) is 16.5. The van der Waals surface area contributed by atoms with Crippen LogP contribution in [0.1, 0.15) is 12.8 Å². The average molecular weight is 429 g/mol. The highest BCUT2D eigenvalue weighted by Gasteiger charge is 2.31. The van der Waals surface area contributed by atoms with E-state index in [9.17, 15) is 0 Å². The van der Waals surface area contributed by atoms with Crippen LogP contribution in [-0.2, 0) is 28.4 Å². The fourth-order valence-electron chi connectivity index (χ4n) is 1.59. The van der Waals surface area contributed by atoms with E-state index in [1.165, 1.54) is 16.3 Å². The largest absolute Gasteiger partial charge is 0.287 e. The summed E-state index contributed by atoms with van der Waals surface area (Å²) >= 11 is 0. The van der Waals surface area contributed by atoms with Gasteiger partial charge in [0.15, 0.2) is 0 Å². The second kappa shape index (κ2) is 11.5. The molecule has 0 saturated carbocycles. The normalized spacial score (nSPS) is 16.2. The van der Waals surface area contributed by atoms with Crippen LogP contribution >= 0.6 is 0 Å². The Morgan fingerprint density at radius 2 is 1.12 bits per heavy atom. The molecule has 0 saturated heterocycles. The summed E-state index contributed by atoms with van der Waals surface area (Å²) in [5.41, 5.74) is 0. The van der Waals surface area contributed by atoms with Crippen LogP contribution in [0, 0.1) is 0 Å². The van der Waals surface area contributed by atoms with Crippen LogP contribution in [0.3, 0.4) is 0 Å². The molecule has 0 amide bonds. The van der Waals surface area contributed by atoms with Crippen molar-refractivity contribution in [2.24, 2.45) is 0 Å². The lowest BCUT2D eigenvalue weighted by atomic mass is 10.1. The first-order valence-electron chi connectivity index (χ1n) is 9.23. The van der Waals surface area contributed by atoms with Crippen molar-refractivity contribution in [2.45, 2.75) is 90.0 Å². The van der Waals surface area contributed by atoms with Gasteiger partial charge in [-0.1, -0.05) is 12.5 Å². The van der Waals surface area contributed by atoms with E-state index in [2.05, 4.69) is 58.9 Å². The maximum Gasteiger partial charge on any atom is 0.230 e. The molecular weight excluding hydrogens is 389 g/mol. The van der Waals surface area contributed by atoms with Crippen LogP contribution in [0.5, 0.6) is 0 Å². The Bertz CT molecular complexity index is 351. The quantitative estimate of drug-likeness (QED) is 0.239. The molecule has 2 unspecified atom stereocenters. The molecule has 0 radical (unpaired) electrons. The van der Waals surface area contributed by atoms with Gasteiger partial charge in [-0.15, -0.1) is 0 Å². The molecule has 0 aromatic heterocycles. The van der Waals surface area contributed by atoms with Gasteiger partial charge in [0.25, 0.3) is 0 Å². The van der Waals surface area contributed by atoms with E-state index in [0.717, 1.165) is 12.8 Å². The van der Waals surface area contributed by atoms with Gasteiger partial charge in [0.05, 0.1) is 0 Å². The summed E-state index contributed by atoms with van der Waals surface area (Å²) in [6.07, 6.45) is 1.31. The first-order valence-corrected chi connectivity index (χ1v) is 20.9. The van der Waals surface area contributed by atoms with Gasteiger partial charge >= 0.3 is 0 Å². The fraction of sp³-hybridized carbons (Fsp3) is 1.00. The third-order valence-electron chi connectivity index (χ3n) is 2.64. The number of hydrogen-bond acceptors (Lipinski definition) is 6. The summed E-state index contributed by atoms with van der Waals surface area (Å²) in [4.78, 5) is 17.0. The summed E-state index contributed by atoms with van der Waals surface area (Å²) in [6, 6.07) is 1.21. The van der Waals surface area contributed by atoms with Gasteiger partial charge in [-0.3, -0.25) is 13.7 Å². The van der Waals surface area contributed by atoms with Crippen LogP contribution in [0.15, 0.2) is 0 Å². The molecule has 0 aliphatic rings. The molecule has 2 atom stereocenters. The smallest absolute Gasteiger partial charge is 0.230 e. The lowest BCUT2D eigenvalue weighted by Crippen LogP contribution is -2.42. The molecule has 0 aromatic rings. The van der Waals surface area contributed by atoms with Gasteiger partial charge < -0.3 is 0 Å². The summed E-state index contributed by atoms with van der Waals surface area (Å²) < 4.78 is 16.9. The summed E-state index contributed by atoms with van der Waals surface area (Å²) in [5, 5.41) is 0. The van der Waals surface area contributed by atoms with Crippen molar-refractivity contribution in [3.05, 3.63) is 0 Å². The molecule has 0 bridgehead atoms. The number of rotatable bonds is 14. The molecule has 25 heavy (non-hydrogen) atoms. The molecule has 0 fully saturated rings. The first-order chi connectivity index (χ1) is 11.2. The lowest BCUT2D eigenvalue weighted by molar-refractivity contribution is -0.357. The predicted molar refractivity (Wildman–Crippen MR) is 113 cm³/mol. The minimum absolute atomic E-state index is 0.234. The molecule has 10 heteroatoms. The third-order valence-corrected chi connectivity index (χ3v) is 5.16. The van der Waals surface area contributed by atoms with Crippen LogP contribution in [0.25, 0.3) is 0 Å². The molecule has 0 rings (SSSR count). The minimum Gasteiger partial charge on any atom is -0.287 e. The predicted octanol–water partition coefficient (Wildman–Crippen LogP) is 3.64. The van der Waals surface area contributed by atoms with Crippen molar-refractivity contribution >= 4 is 35.2 Å². The lowest BCUT2D eigenvalue weighted by Gasteiger charge is -2.30. The Hall–Kier alpha value is 0.628. The Kier molecular flexibility index (Phi) is 11.8. The van der Waals surface area contributed by atoms with Crippen LogP contribution in [0.2, 0.25) is 65.0 Å². The molecule has 0 spiro atoms. The highest BCUT2D eigenvalue weighted by molar-refractivity contribution is 6.70. The van der Waals surface area contributed by atoms with Gasteiger partial charge in [-0.2, -0.15) is 0 Å². The molecule has 0 aliphatic carbocycles. The second-order valence-electron chi connectivity index (χ2n) is 9.28. The van der Waals surface area contributed by atoms with Crippen molar-refractivity contribution in [2.75, 3.05) is 6.61 Å². The van der Waals surface area contributed by atoms with E-state index in [1.54, 1.807) is 0 Å². The molecule has 6 nitrogen and oxygen atoms in total.